The molecule has 1 aromatic carbocycles. The Labute approximate surface area is 117 Å². The molecular formula is C15H17N3S. The number of benzene rings is 1. The second-order valence-electron chi connectivity index (χ2n) is 6.17. The van der Waals surface area contributed by atoms with Gasteiger partial charge in [-0.3, -0.25) is 4.90 Å². The number of anilines is 1. The molecule has 5 rings (SSSR count). The van der Waals surface area contributed by atoms with Gasteiger partial charge in [-0.15, -0.1) is 0 Å². The van der Waals surface area contributed by atoms with Crippen molar-refractivity contribution < 1.29 is 0 Å². The van der Waals surface area contributed by atoms with Crippen LogP contribution in [0.4, 0.5) is 5.69 Å². The van der Waals surface area contributed by atoms with E-state index >= 15 is 0 Å². The zero-order chi connectivity index (χ0) is 12.4. The molecule has 0 radical (unpaired) electrons. The first-order chi connectivity index (χ1) is 9.38. The van der Waals surface area contributed by atoms with Crippen LogP contribution < -0.4 is 4.90 Å². The van der Waals surface area contributed by atoms with Crippen molar-refractivity contribution in [3.8, 4) is 0 Å². The molecule has 2 aromatic rings. The average Bonchev–Trinajstić information content (AvgIpc) is 2.89. The molecule has 2 atom stereocenters. The number of piperazine rings is 1. The van der Waals surface area contributed by atoms with E-state index in [1.54, 1.807) is 11.5 Å². The van der Waals surface area contributed by atoms with Crippen molar-refractivity contribution in [1.82, 2.24) is 9.27 Å². The summed E-state index contributed by atoms with van der Waals surface area (Å²) in [6.07, 6.45) is 6.22. The van der Waals surface area contributed by atoms with Gasteiger partial charge in [0.1, 0.15) is 0 Å². The molecule has 2 bridgehead atoms. The Morgan fingerprint density at radius 3 is 2.84 bits per heavy atom. The van der Waals surface area contributed by atoms with E-state index in [1.165, 1.54) is 48.1 Å². The zero-order valence-electron chi connectivity index (χ0n) is 10.8. The van der Waals surface area contributed by atoms with Gasteiger partial charge in [-0.2, -0.15) is 4.37 Å². The summed E-state index contributed by atoms with van der Waals surface area (Å²) in [7, 11) is 0. The van der Waals surface area contributed by atoms with Crippen molar-refractivity contribution in [1.29, 1.82) is 0 Å². The van der Waals surface area contributed by atoms with E-state index in [0.29, 0.717) is 0 Å². The highest BCUT2D eigenvalue weighted by molar-refractivity contribution is 7.13. The molecule has 0 spiro atoms. The lowest BCUT2D eigenvalue weighted by Gasteiger charge is -2.35. The van der Waals surface area contributed by atoms with Crippen LogP contribution >= 0.6 is 11.5 Å². The van der Waals surface area contributed by atoms with Crippen LogP contribution in [0.3, 0.4) is 0 Å². The number of likely N-dealkylation sites (tertiary alicyclic amines) is 1. The third-order valence-corrected chi connectivity index (χ3v) is 5.73. The maximum atomic E-state index is 4.28. The van der Waals surface area contributed by atoms with Crippen molar-refractivity contribution in [3.05, 3.63) is 24.4 Å². The maximum Gasteiger partial charge on any atom is 0.0570 e. The standard InChI is InChI=1S/C15H17N3S/c1-2-12(6-15-10(1)7-16-19-15)18-9-13-5-14(18)8-17(13)11-3-4-11/h1-2,6-7,11,13-14H,3-5,8-9H2/t13-,14-/m0/s1. The van der Waals surface area contributed by atoms with Crippen LogP contribution in [0.1, 0.15) is 19.3 Å². The second kappa shape index (κ2) is 3.70. The Morgan fingerprint density at radius 2 is 2.05 bits per heavy atom. The van der Waals surface area contributed by atoms with Gasteiger partial charge in [0.25, 0.3) is 0 Å². The Kier molecular flexibility index (Phi) is 2.07. The SMILES string of the molecule is c1cc2cnsc2cc1N1C[C@@H]2C[C@H]1CN2C1CC1. The van der Waals surface area contributed by atoms with Crippen LogP contribution in [0.5, 0.6) is 0 Å². The Bertz CT molecular complexity index is 633. The number of hydrogen-bond donors (Lipinski definition) is 0. The highest BCUT2D eigenvalue weighted by atomic mass is 32.1. The van der Waals surface area contributed by atoms with Crippen molar-refractivity contribution >= 4 is 27.3 Å². The molecule has 0 unspecified atom stereocenters. The number of nitrogens with zero attached hydrogens (tertiary/aromatic N) is 3. The third-order valence-electron chi connectivity index (χ3n) is 4.97. The van der Waals surface area contributed by atoms with E-state index < -0.39 is 0 Å². The summed E-state index contributed by atoms with van der Waals surface area (Å²) in [5.74, 6) is 0. The van der Waals surface area contributed by atoms with Crippen LogP contribution in [0.25, 0.3) is 10.1 Å². The normalized spacial score (nSPS) is 30.6. The van der Waals surface area contributed by atoms with Gasteiger partial charge in [-0.25, -0.2) is 0 Å². The van der Waals surface area contributed by atoms with Gasteiger partial charge in [-0.05, 0) is 49.0 Å². The molecule has 1 aliphatic carbocycles. The maximum absolute atomic E-state index is 4.28. The summed E-state index contributed by atoms with van der Waals surface area (Å²) in [5.41, 5.74) is 1.40. The first-order valence-electron chi connectivity index (χ1n) is 7.25. The molecule has 4 heteroatoms. The fraction of sp³-hybridized carbons (Fsp3) is 0.533. The lowest BCUT2D eigenvalue weighted by molar-refractivity contribution is 0.229. The smallest absolute Gasteiger partial charge is 0.0570 e. The summed E-state index contributed by atoms with van der Waals surface area (Å²) in [5, 5.41) is 1.28. The quantitative estimate of drug-likeness (QED) is 0.837. The molecule has 1 aromatic heterocycles. The molecule has 98 valence electrons. The van der Waals surface area contributed by atoms with Crippen LogP contribution in [0.2, 0.25) is 0 Å². The molecule has 3 aliphatic rings. The van der Waals surface area contributed by atoms with Crippen LogP contribution in [-0.2, 0) is 0 Å². The van der Waals surface area contributed by atoms with Gasteiger partial charge in [-0.1, -0.05) is 0 Å². The van der Waals surface area contributed by atoms with E-state index in [0.717, 1.165) is 18.1 Å². The minimum absolute atomic E-state index is 0.746. The van der Waals surface area contributed by atoms with Gasteiger partial charge in [0.05, 0.1) is 4.70 Å². The van der Waals surface area contributed by atoms with Crippen molar-refractivity contribution in [3.63, 3.8) is 0 Å². The summed E-state index contributed by atoms with van der Waals surface area (Å²) in [6, 6.07) is 9.32. The number of rotatable bonds is 2. The molecule has 0 N–H and O–H groups in total. The summed E-state index contributed by atoms with van der Waals surface area (Å²) < 4.78 is 5.59. The van der Waals surface area contributed by atoms with Gasteiger partial charge in [0, 0.05) is 48.5 Å². The summed E-state index contributed by atoms with van der Waals surface area (Å²) in [6.45, 7) is 2.52. The van der Waals surface area contributed by atoms with Gasteiger partial charge >= 0.3 is 0 Å². The van der Waals surface area contributed by atoms with Crippen LogP contribution in [0, 0.1) is 0 Å². The van der Waals surface area contributed by atoms with E-state index in [2.05, 4.69) is 32.4 Å². The highest BCUT2D eigenvalue weighted by Gasteiger charge is 2.48. The summed E-state index contributed by atoms with van der Waals surface area (Å²) >= 11 is 1.61. The van der Waals surface area contributed by atoms with Gasteiger partial charge in [0.2, 0.25) is 0 Å². The lowest BCUT2D eigenvalue weighted by atomic mass is 10.2. The molecule has 2 saturated heterocycles. The molecule has 3 heterocycles. The molecular weight excluding hydrogens is 254 g/mol. The summed E-state index contributed by atoms with van der Waals surface area (Å²) in [4.78, 5) is 5.40. The molecule has 3 nitrogen and oxygen atoms in total. The molecule has 1 saturated carbocycles. The number of fused-ring (bicyclic) bond motifs is 3. The average molecular weight is 271 g/mol. The monoisotopic (exact) mass is 271 g/mol. The minimum Gasteiger partial charge on any atom is -0.366 e. The van der Waals surface area contributed by atoms with E-state index in [4.69, 9.17) is 0 Å². The van der Waals surface area contributed by atoms with Crippen molar-refractivity contribution in [2.45, 2.75) is 37.4 Å². The van der Waals surface area contributed by atoms with Crippen LogP contribution in [0.15, 0.2) is 24.4 Å². The van der Waals surface area contributed by atoms with E-state index in [9.17, 15) is 0 Å². The van der Waals surface area contributed by atoms with Crippen LogP contribution in [-0.4, -0.2) is 40.5 Å². The number of hydrogen-bond acceptors (Lipinski definition) is 4. The largest absolute Gasteiger partial charge is 0.366 e. The molecule has 0 amide bonds. The topological polar surface area (TPSA) is 19.4 Å². The van der Waals surface area contributed by atoms with E-state index in [1.807, 2.05) is 6.20 Å². The predicted molar refractivity (Wildman–Crippen MR) is 78.9 cm³/mol. The predicted octanol–water partition coefficient (Wildman–Crippen LogP) is 2.72. The van der Waals surface area contributed by atoms with Gasteiger partial charge < -0.3 is 4.90 Å². The van der Waals surface area contributed by atoms with Crippen molar-refractivity contribution in [2.24, 2.45) is 0 Å². The first-order valence-corrected chi connectivity index (χ1v) is 8.03. The third kappa shape index (κ3) is 1.56. The Morgan fingerprint density at radius 1 is 1.11 bits per heavy atom. The zero-order valence-corrected chi connectivity index (χ0v) is 11.6. The number of aromatic nitrogens is 1. The van der Waals surface area contributed by atoms with E-state index in [-0.39, 0.29) is 0 Å². The molecule has 3 fully saturated rings. The molecule has 2 aliphatic heterocycles. The Hall–Kier alpha value is -1.13. The fourth-order valence-corrected chi connectivity index (χ4v) is 4.57. The second-order valence-corrected chi connectivity index (χ2v) is 7.00. The Balaban J connectivity index is 1.45. The van der Waals surface area contributed by atoms with Gasteiger partial charge in [0.15, 0.2) is 0 Å². The first kappa shape index (κ1) is 10.6. The molecule has 19 heavy (non-hydrogen) atoms. The lowest BCUT2D eigenvalue weighted by Crippen LogP contribution is -2.47. The minimum atomic E-state index is 0.746. The highest BCUT2D eigenvalue weighted by Crippen LogP contribution is 2.41. The van der Waals surface area contributed by atoms with Crippen molar-refractivity contribution in [2.75, 3.05) is 18.0 Å². The fourth-order valence-electron chi connectivity index (χ4n) is 3.89.